The number of rotatable bonds is 4. The third-order valence-electron chi connectivity index (χ3n) is 4.14. The molecular weight excluding hydrogens is 376 g/mol. The molecule has 1 aliphatic rings. The molecular formula is C18H19ClN2O2S2. The minimum Gasteiger partial charge on any atom is -0.462 e. The zero-order valence-electron chi connectivity index (χ0n) is 14.1. The number of hydrogen-bond donors (Lipinski definition) is 2. The molecule has 25 heavy (non-hydrogen) atoms. The second-order valence-corrected chi connectivity index (χ2v) is 7.69. The first-order valence-corrected chi connectivity index (χ1v) is 9.76. The van der Waals surface area contributed by atoms with Gasteiger partial charge in [-0.15, -0.1) is 11.3 Å². The quantitative estimate of drug-likeness (QED) is 0.552. The summed E-state index contributed by atoms with van der Waals surface area (Å²) >= 11 is 13.2. The zero-order valence-corrected chi connectivity index (χ0v) is 16.5. The van der Waals surface area contributed by atoms with Crippen molar-refractivity contribution in [1.29, 1.82) is 0 Å². The molecule has 2 N–H and O–H groups in total. The van der Waals surface area contributed by atoms with Crippen LogP contribution in [-0.4, -0.2) is 17.7 Å². The molecule has 0 saturated heterocycles. The van der Waals surface area contributed by atoms with Gasteiger partial charge in [0.05, 0.1) is 12.2 Å². The number of carbonyl (C=O) groups is 1. The summed E-state index contributed by atoms with van der Waals surface area (Å²) in [6.45, 7) is 4.09. The average molecular weight is 395 g/mol. The molecule has 0 aliphatic heterocycles. The monoisotopic (exact) mass is 394 g/mol. The maximum Gasteiger partial charge on any atom is 0.341 e. The number of thiocarbonyl (C=S) groups is 1. The van der Waals surface area contributed by atoms with Crippen LogP contribution in [0.15, 0.2) is 18.2 Å². The summed E-state index contributed by atoms with van der Waals surface area (Å²) in [7, 11) is 0. The Hall–Kier alpha value is -1.63. The number of hydrogen-bond acceptors (Lipinski definition) is 4. The van der Waals surface area contributed by atoms with Gasteiger partial charge in [0, 0.05) is 15.6 Å². The fourth-order valence-electron chi connectivity index (χ4n) is 2.91. The van der Waals surface area contributed by atoms with Gasteiger partial charge in [0.2, 0.25) is 0 Å². The number of nitrogens with one attached hydrogen (secondary N) is 2. The van der Waals surface area contributed by atoms with Gasteiger partial charge < -0.3 is 15.4 Å². The van der Waals surface area contributed by atoms with E-state index in [1.165, 1.54) is 4.88 Å². The van der Waals surface area contributed by atoms with Crippen molar-refractivity contribution >= 4 is 56.9 Å². The smallest absolute Gasteiger partial charge is 0.341 e. The number of ether oxygens (including phenoxy) is 1. The summed E-state index contributed by atoms with van der Waals surface area (Å²) in [5.74, 6) is -0.286. The van der Waals surface area contributed by atoms with E-state index in [0.717, 1.165) is 41.1 Å². The van der Waals surface area contributed by atoms with Gasteiger partial charge in [0.1, 0.15) is 5.00 Å². The SMILES string of the molecule is CCOC(=O)c1c(NC(=S)Nc2cccc(Cl)c2C)sc2c1CCC2. The van der Waals surface area contributed by atoms with Crippen LogP contribution < -0.4 is 10.6 Å². The normalized spacial score (nSPS) is 12.6. The number of fused-ring (bicyclic) bond motifs is 1. The maximum absolute atomic E-state index is 12.4. The van der Waals surface area contributed by atoms with E-state index in [0.29, 0.717) is 22.3 Å². The lowest BCUT2D eigenvalue weighted by molar-refractivity contribution is 0.0527. The van der Waals surface area contributed by atoms with Crippen molar-refractivity contribution in [2.24, 2.45) is 0 Å². The zero-order chi connectivity index (χ0) is 18.0. The lowest BCUT2D eigenvalue weighted by Gasteiger charge is -2.13. The van der Waals surface area contributed by atoms with Crippen LogP contribution in [0.3, 0.4) is 0 Å². The van der Waals surface area contributed by atoms with Crippen LogP contribution in [-0.2, 0) is 17.6 Å². The predicted molar refractivity (Wildman–Crippen MR) is 108 cm³/mol. The molecule has 0 fully saturated rings. The van der Waals surface area contributed by atoms with Crippen LogP contribution in [0.5, 0.6) is 0 Å². The summed E-state index contributed by atoms with van der Waals surface area (Å²) < 4.78 is 5.23. The van der Waals surface area contributed by atoms with E-state index in [9.17, 15) is 4.79 Å². The Balaban J connectivity index is 1.82. The fraction of sp³-hybridized carbons (Fsp3) is 0.333. The molecule has 0 spiro atoms. The molecule has 1 aliphatic carbocycles. The van der Waals surface area contributed by atoms with E-state index in [1.807, 2.05) is 32.0 Å². The van der Waals surface area contributed by atoms with E-state index in [-0.39, 0.29) is 5.97 Å². The van der Waals surface area contributed by atoms with E-state index >= 15 is 0 Å². The van der Waals surface area contributed by atoms with Crippen LogP contribution in [0.4, 0.5) is 10.7 Å². The Morgan fingerprint density at radius 1 is 1.36 bits per heavy atom. The van der Waals surface area contributed by atoms with E-state index in [4.69, 9.17) is 28.6 Å². The van der Waals surface area contributed by atoms with Crippen molar-refractivity contribution in [3.8, 4) is 0 Å². The molecule has 2 aromatic rings. The molecule has 0 radical (unpaired) electrons. The van der Waals surface area contributed by atoms with Crippen molar-refractivity contribution in [2.75, 3.05) is 17.2 Å². The third kappa shape index (κ3) is 3.81. The molecule has 0 atom stereocenters. The fourth-order valence-corrected chi connectivity index (χ4v) is 4.64. The van der Waals surface area contributed by atoms with Gasteiger partial charge in [0.25, 0.3) is 0 Å². The number of benzene rings is 1. The minimum absolute atomic E-state index is 0.286. The summed E-state index contributed by atoms with van der Waals surface area (Å²) in [5.41, 5.74) is 3.50. The number of aryl methyl sites for hydroxylation is 1. The molecule has 0 bridgehead atoms. The lowest BCUT2D eigenvalue weighted by Crippen LogP contribution is -2.21. The average Bonchev–Trinajstić information content (AvgIpc) is 3.12. The van der Waals surface area contributed by atoms with Crippen LogP contribution in [0.2, 0.25) is 5.02 Å². The minimum atomic E-state index is -0.286. The van der Waals surface area contributed by atoms with Crippen molar-refractivity contribution in [1.82, 2.24) is 0 Å². The summed E-state index contributed by atoms with van der Waals surface area (Å²) in [6.07, 6.45) is 3.00. The Labute approximate surface area is 161 Å². The Bertz CT molecular complexity index is 833. The predicted octanol–water partition coefficient (Wildman–Crippen LogP) is 5.18. The molecule has 1 heterocycles. The summed E-state index contributed by atoms with van der Waals surface area (Å²) in [4.78, 5) is 13.6. The second kappa shape index (κ2) is 7.72. The molecule has 0 amide bonds. The van der Waals surface area contributed by atoms with Crippen molar-refractivity contribution in [2.45, 2.75) is 33.1 Å². The molecule has 1 aromatic carbocycles. The highest BCUT2D eigenvalue weighted by Gasteiger charge is 2.27. The lowest BCUT2D eigenvalue weighted by atomic mass is 10.1. The van der Waals surface area contributed by atoms with E-state index in [1.54, 1.807) is 11.3 Å². The first-order chi connectivity index (χ1) is 12.0. The van der Waals surface area contributed by atoms with Crippen LogP contribution in [0, 0.1) is 6.92 Å². The molecule has 0 saturated carbocycles. The molecule has 132 valence electrons. The largest absolute Gasteiger partial charge is 0.462 e. The Morgan fingerprint density at radius 3 is 2.92 bits per heavy atom. The molecule has 7 heteroatoms. The van der Waals surface area contributed by atoms with Crippen LogP contribution >= 0.6 is 35.2 Å². The molecule has 1 aromatic heterocycles. The number of carbonyl (C=O) groups excluding carboxylic acids is 1. The molecule has 0 unspecified atom stereocenters. The van der Waals surface area contributed by atoms with Gasteiger partial charge in [-0.2, -0.15) is 0 Å². The topological polar surface area (TPSA) is 50.4 Å². The van der Waals surface area contributed by atoms with Gasteiger partial charge in [0.15, 0.2) is 5.11 Å². The van der Waals surface area contributed by atoms with Gasteiger partial charge in [-0.1, -0.05) is 17.7 Å². The highest BCUT2D eigenvalue weighted by atomic mass is 35.5. The Morgan fingerprint density at radius 2 is 2.16 bits per heavy atom. The molecule has 3 rings (SSSR count). The first kappa shape index (κ1) is 18.2. The van der Waals surface area contributed by atoms with Crippen molar-refractivity contribution < 1.29 is 9.53 Å². The number of esters is 1. The maximum atomic E-state index is 12.4. The van der Waals surface area contributed by atoms with Crippen LogP contribution in [0.25, 0.3) is 0 Å². The standard InChI is InChI=1S/C18H19ClN2O2S2/c1-3-23-17(22)15-11-6-4-9-14(11)25-16(15)21-18(24)20-13-8-5-7-12(19)10(13)2/h5,7-8H,3-4,6,9H2,1-2H3,(H2,20,21,24). The van der Waals surface area contributed by atoms with Gasteiger partial charge in [-0.05, 0) is 68.6 Å². The van der Waals surface area contributed by atoms with Crippen LogP contribution in [0.1, 0.15) is 39.7 Å². The second-order valence-electron chi connectivity index (χ2n) is 5.77. The van der Waals surface area contributed by atoms with E-state index < -0.39 is 0 Å². The van der Waals surface area contributed by atoms with E-state index in [2.05, 4.69) is 10.6 Å². The highest BCUT2D eigenvalue weighted by molar-refractivity contribution is 7.80. The third-order valence-corrected chi connectivity index (χ3v) is 5.96. The number of anilines is 2. The highest BCUT2D eigenvalue weighted by Crippen LogP contribution is 2.39. The van der Waals surface area contributed by atoms with Gasteiger partial charge in [-0.3, -0.25) is 0 Å². The summed E-state index contributed by atoms with van der Waals surface area (Å²) in [5, 5.41) is 8.18. The number of thiophene rings is 1. The molecule has 4 nitrogen and oxygen atoms in total. The number of halogens is 1. The first-order valence-electron chi connectivity index (χ1n) is 8.16. The van der Waals surface area contributed by atoms with Crippen molar-refractivity contribution in [3.63, 3.8) is 0 Å². The van der Waals surface area contributed by atoms with Gasteiger partial charge >= 0.3 is 5.97 Å². The van der Waals surface area contributed by atoms with Crippen molar-refractivity contribution in [3.05, 3.63) is 44.8 Å². The Kier molecular flexibility index (Phi) is 5.61. The summed E-state index contributed by atoms with van der Waals surface area (Å²) in [6, 6.07) is 5.61. The van der Waals surface area contributed by atoms with Gasteiger partial charge in [-0.25, -0.2) is 4.79 Å².